The van der Waals surface area contributed by atoms with E-state index in [0.29, 0.717) is 63.5 Å². The van der Waals surface area contributed by atoms with Crippen LogP contribution in [-0.2, 0) is 0 Å². The first-order valence-corrected chi connectivity index (χ1v) is 11.3. The Kier molecular flexibility index (Phi) is 9.68. The van der Waals surface area contributed by atoms with E-state index in [1.807, 2.05) is 19.1 Å². The van der Waals surface area contributed by atoms with Gasteiger partial charge in [0.15, 0.2) is 0 Å². The van der Waals surface area contributed by atoms with Crippen molar-refractivity contribution in [2.75, 3.05) is 52.4 Å². The normalized spacial score (nSPS) is 16.9. The van der Waals surface area contributed by atoms with E-state index < -0.39 is 0 Å². The average Bonchev–Trinajstić information content (AvgIpc) is 2.84. The van der Waals surface area contributed by atoms with E-state index in [1.54, 1.807) is 30.6 Å². The number of benzene rings is 1. The number of pyridine rings is 1. The quantitative estimate of drug-likeness (QED) is 0.379. The van der Waals surface area contributed by atoms with Crippen LogP contribution in [0.2, 0.25) is 0 Å². The zero-order valence-electron chi connectivity index (χ0n) is 19.3. The van der Waals surface area contributed by atoms with Crippen molar-refractivity contribution in [1.82, 2.24) is 26.3 Å². The highest BCUT2D eigenvalue weighted by atomic mass is 16.3. The largest absolute Gasteiger partial charge is 0.507 e. The van der Waals surface area contributed by atoms with Crippen molar-refractivity contribution in [2.45, 2.75) is 6.92 Å². The Labute approximate surface area is 199 Å². The minimum absolute atomic E-state index is 0.149. The average molecular weight is 466 g/mol. The molecule has 1 aliphatic rings. The Balaban J connectivity index is 1.65. The van der Waals surface area contributed by atoms with Crippen LogP contribution in [0.1, 0.15) is 37.7 Å². The number of phenolic OH excluding ortho intramolecular Hbond substituents is 1. The summed E-state index contributed by atoms with van der Waals surface area (Å²) in [7, 11) is 0. The van der Waals surface area contributed by atoms with Crippen LogP contribution in [0.15, 0.2) is 40.3 Å². The van der Waals surface area contributed by atoms with Crippen molar-refractivity contribution in [3.63, 3.8) is 0 Å². The molecular weight excluding hydrogens is 434 g/mol. The summed E-state index contributed by atoms with van der Waals surface area (Å²) in [5, 5.41) is 22.5. The Morgan fingerprint density at radius 2 is 1.26 bits per heavy atom. The summed E-state index contributed by atoms with van der Waals surface area (Å²) in [6.45, 7) is 6.18. The lowest BCUT2D eigenvalue weighted by molar-refractivity contribution is 0.0944. The predicted octanol–water partition coefficient (Wildman–Crippen LogP) is 0.286. The van der Waals surface area contributed by atoms with Gasteiger partial charge in [0.2, 0.25) is 0 Å². The van der Waals surface area contributed by atoms with E-state index in [1.165, 1.54) is 0 Å². The molecule has 4 bridgehead atoms. The van der Waals surface area contributed by atoms with Crippen molar-refractivity contribution in [3.8, 4) is 5.75 Å². The number of fused-ring (bicyclic) bond motifs is 4. The first kappa shape index (κ1) is 25.0. The monoisotopic (exact) mass is 465 g/mol. The van der Waals surface area contributed by atoms with Gasteiger partial charge in [-0.25, -0.2) is 4.98 Å². The highest BCUT2D eigenvalue weighted by Crippen LogP contribution is 2.21. The number of carbonyl (C=O) groups excluding carboxylic acids is 2. The maximum atomic E-state index is 12.3. The van der Waals surface area contributed by atoms with Crippen molar-refractivity contribution < 1.29 is 14.7 Å². The van der Waals surface area contributed by atoms with Crippen LogP contribution >= 0.6 is 0 Å². The second kappa shape index (κ2) is 13.2. The van der Waals surface area contributed by atoms with Crippen molar-refractivity contribution in [3.05, 3.63) is 58.4 Å². The lowest BCUT2D eigenvalue weighted by Crippen LogP contribution is -2.34. The van der Waals surface area contributed by atoms with Crippen LogP contribution in [0, 0.1) is 6.92 Å². The van der Waals surface area contributed by atoms with Crippen LogP contribution in [0.5, 0.6) is 5.75 Å². The van der Waals surface area contributed by atoms with Gasteiger partial charge in [0.25, 0.3) is 11.8 Å². The SMILES string of the molecule is Cc1cc2c(O)c(c1)C=NCCNCCNC(=O)c1cccc(n1)C(=O)NCCNCCN=C2. The smallest absolute Gasteiger partial charge is 0.269 e. The number of rotatable bonds is 0. The number of hydrogen-bond donors (Lipinski definition) is 5. The molecule has 0 radical (unpaired) electrons. The van der Waals surface area contributed by atoms with Gasteiger partial charge in [0.1, 0.15) is 17.1 Å². The van der Waals surface area contributed by atoms with Crippen LogP contribution in [0.3, 0.4) is 0 Å². The summed E-state index contributed by atoms with van der Waals surface area (Å²) in [6.07, 6.45) is 3.33. The third-order valence-electron chi connectivity index (χ3n) is 5.00. The highest BCUT2D eigenvalue weighted by Gasteiger charge is 2.12. The minimum Gasteiger partial charge on any atom is -0.507 e. The molecule has 2 heterocycles. The molecule has 10 heteroatoms. The summed E-state index contributed by atoms with van der Waals surface area (Å²) in [5.41, 5.74) is 2.68. The molecule has 0 saturated carbocycles. The molecule has 3 rings (SSSR count). The minimum atomic E-state index is -0.336. The number of nitrogens with one attached hydrogen (secondary N) is 4. The molecule has 0 saturated heterocycles. The van der Waals surface area contributed by atoms with Crippen molar-refractivity contribution >= 4 is 24.2 Å². The third-order valence-corrected chi connectivity index (χ3v) is 5.00. The van der Waals surface area contributed by atoms with Gasteiger partial charge in [0, 0.05) is 62.8 Å². The fourth-order valence-corrected chi connectivity index (χ4v) is 3.29. The van der Waals surface area contributed by atoms with Gasteiger partial charge in [-0.1, -0.05) is 6.07 Å². The molecule has 0 aliphatic carbocycles. The number of amides is 2. The second-order valence-corrected chi connectivity index (χ2v) is 7.78. The molecule has 0 unspecified atom stereocenters. The summed E-state index contributed by atoms with van der Waals surface area (Å²) >= 11 is 0. The molecule has 5 N–H and O–H groups in total. The Morgan fingerprint density at radius 3 is 1.76 bits per heavy atom. The molecule has 1 aromatic heterocycles. The first-order chi connectivity index (χ1) is 16.5. The predicted molar refractivity (Wildman–Crippen MR) is 132 cm³/mol. The number of aryl methyl sites for hydroxylation is 1. The van der Waals surface area contributed by atoms with Crippen LogP contribution in [0.4, 0.5) is 0 Å². The van der Waals surface area contributed by atoms with E-state index in [9.17, 15) is 14.7 Å². The highest BCUT2D eigenvalue weighted by molar-refractivity contribution is 5.96. The molecule has 1 aromatic carbocycles. The van der Waals surface area contributed by atoms with Gasteiger partial charge >= 0.3 is 0 Å². The first-order valence-electron chi connectivity index (χ1n) is 11.3. The summed E-state index contributed by atoms with van der Waals surface area (Å²) in [4.78, 5) is 37.6. The number of phenols is 1. The number of carbonyl (C=O) groups is 2. The zero-order valence-corrected chi connectivity index (χ0v) is 19.3. The van der Waals surface area contributed by atoms with Gasteiger partial charge < -0.3 is 26.4 Å². The topological polar surface area (TPSA) is 140 Å². The second-order valence-electron chi connectivity index (χ2n) is 7.78. The van der Waals surface area contributed by atoms with E-state index in [2.05, 4.69) is 36.2 Å². The number of nitrogens with zero attached hydrogens (tertiary/aromatic N) is 3. The molecule has 0 spiro atoms. The Bertz CT molecular complexity index is 978. The van der Waals surface area contributed by atoms with Gasteiger partial charge in [-0.2, -0.15) is 0 Å². The maximum absolute atomic E-state index is 12.3. The Morgan fingerprint density at radius 1 is 0.765 bits per heavy atom. The molecule has 2 aromatic rings. The summed E-state index contributed by atoms with van der Waals surface area (Å²) < 4.78 is 0. The van der Waals surface area contributed by atoms with Gasteiger partial charge in [-0.3, -0.25) is 19.6 Å². The van der Waals surface area contributed by atoms with Crippen LogP contribution < -0.4 is 21.3 Å². The summed E-state index contributed by atoms with van der Waals surface area (Å²) in [5.74, 6) is -0.524. The summed E-state index contributed by atoms with van der Waals surface area (Å²) in [6, 6.07) is 8.55. The third kappa shape index (κ3) is 7.75. The fourth-order valence-electron chi connectivity index (χ4n) is 3.29. The molecule has 1 aliphatic heterocycles. The Hall–Kier alpha value is -3.63. The molecule has 10 nitrogen and oxygen atoms in total. The van der Waals surface area contributed by atoms with Crippen LogP contribution in [0.25, 0.3) is 0 Å². The molecule has 2 amide bonds. The van der Waals surface area contributed by atoms with E-state index in [4.69, 9.17) is 0 Å². The van der Waals surface area contributed by atoms with Crippen molar-refractivity contribution in [1.29, 1.82) is 0 Å². The fraction of sp³-hybridized carbons (Fsp3) is 0.375. The molecule has 34 heavy (non-hydrogen) atoms. The van der Waals surface area contributed by atoms with Gasteiger partial charge in [0.05, 0.1) is 13.1 Å². The van der Waals surface area contributed by atoms with Gasteiger partial charge in [-0.15, -0.1) is 0 Å². The van der Waals surface area contributed by atoms with Crippen molar-refractivity contribution in [2.24, 2.45) is 9.98 Å². The maximum Gasteiger partial charge on any atom is 0.269 e. The van der Waals surface area contributed by atoms with E-state index in [0.717, 1.165) is 5.56 Å². The van der Waals surface area contributed by atoms with E-state index >= 15 is 0 Å². The van der Waals surface area contributed by atoms with Crippen LogP contribution in [-0.4, -0.2) is 86.7 Å². The number of hydrogen-bond acceptors (Lipinski definition) is 8. The molecule has 180 valence electrons. The standard InChI is InChI=1S/C24H31N7O3/c1-17-13-18-15-27-7-5-25-9-11-29-23(33)20-3-2-4-21(31-20)24(34)30-12-10-26-6-8-28-16-19(14-17)22(18)32/h2-4,13-16,25-26,32H,5-12H2,1H3,(H,29,33)(H,30,34). The molecular formula is C24H31N7O3. The number of aromatic nitrogens is 1. The zero-order chi connectivity index (χ0) is 24.2. The van der Waals surface area contributed by atoms with Gasteiger partial charge in [-0.05, 0) is 36.8 Å². The molecule has 0 fully saturated rings. The molecule has 0 atom stereocenters. The number of aliphatic imine (C=N–C) groups is 2. The van der Waals surface area contributed by atoms with E-state index in [-0.39, 0.29) is 29.0 Å². The lowest BCUT2D eigenvalue weighted by atomic mass is 10.1. The lowest BCUT2D eigenvalue weighted by Gasteiger charge is -2.09. The number of aromatic hydroxyl groups is 1.